The zero-order chi connectivity index (χ0) is 14.7. The first-order valence-corrected chi connectivity index (χ1v) is 6.43. The Morgan fingerprint density at radius 2 is 2.00 bits per heavy atom. The van der Waals surface area contributed by atoms with Gasteiger partial charge in [0.15, 0.2) is 0 Å². The molecule has 0 saturated carbocycles. The summed E-state index contributed by atoms with van der Waals surface area (Å²) in [5.41, 5.74) is 4.05. The molecule has 0 spiro atoms. The largest absolute Gasteiger partial charge is 0.381 e. The Labute approximate surface area is 122 Å². The van der Waals surface area contributed by atoms with Crippen LogP contribution < -0.4 is 5.32 Å². The second kappa shape index (κ2) is 5.69. The second-order valence-electron chi connectivity index (χ2n) is 4.47. The van der Waals surface area contributed by atoms with Gasteiger partial charge in [0.05, 0.1) is 10.6 Å². The van der Waals surface area contributed by atoms with Crippen molar-refractivity contribution in [3.8, 4) is 12.1 Å². The van der Waals surface area contributed by atoms with Gasteiger partial charge in [-0.1, -0.05) is 11.6 Å². The molecule has 100 valence electrons. The molecule has 0 bridgehead atoms. The minimum Gasteiger partial charge on any atom is -0.381 e. The first-order valence-electron chi connectivity index (χ1n) is 6.05. The smallest absolute Gasteiger partial charge is 0.120 e. The molecule has 0 radical (unpaired) electrons. The maximum atomic E-state index is 9.00. The summed E-state index contributed by atoms with van der Waals surface area (Å²) < 4.78 is 1.86. The van der Waals surface area contributed by atoms with Crippen LogP contribution in [0.25, 0.3) is 0 Å². The van der Waals surface area contributed by atoms with Crippen molar-refractivity contribution in [2.24, 2.45) is 7.05 Å². The first kappa shape index (κ1) is 14.0. The van der Waals surface area contributed by atoms with E-state index in [0.717, 1.165) is 16.9 Å². The summed E-state index contributed by atoms with van der Waals surface area (Å²) in [5.74, 6) is 0. The van der Waals surface area contributed by atoms with Gasteiger partial charge in [-0.05, 0) is 36.8 Å². The van der Waals surface area contributed by atoms with Crippen LogP contribution in [0.2, 0.25) is 5.02 Å². The van der Waals surface area contributed by atoms with Gasteiger partial charge in [-0.2, -0.15) is 10.5 Å². The van der Waals surface area contributed by atoms with Crippen molar-refractivity contribution in [1.29, 1.82) is 10.5 Å². The molecule has 0 aliphatic carbocycles. The van der Waals surface area contributed by atoms with E-state index in [0.29, 0.717) is 22.8 Å². The number of halogens is 1. The van der Waals surface area contributed by atoms with E-state index >= 15 is 0 Å². The lowest BCUT2D eigenvalue weighted by atomic mass is 10.2. The third-order valence-corrected chi connectivity index (χ3v) is 3.64. The third-order valence-electron chi connectivity index (χ3n) is 3.33. The predicted octanol–water partition coefficient (Wildman–Crippen LogP) is 3.34. The molecule has 5 heteroatoms. The van der Waals surface area contributed by atoms with Crippen LogP contribution in [-0.2, 0) is 13.6 Å². The van der Waals surface area contributed by atoms with Crippen LogP contribution in [0.15, 0.2) is 24.3 Å². The van der Waals surface area contributed by atoms with Gasteiger partial charge < -0.3 is 9.88 Å². The van der Waals surface area contributed by atoms with Gasteiger partial charge in [0.25, 0.3) is 0 Å². The highest BCUT2D eigenvalue weighted by atomic mass is 35.5. The highest BCUT2D eigenvalue weighted by molar-refractivity contribution is 6.32. The molecule has 1 heterocycles. The van der Waals surface area contributed by atoms with Gasteiger partial charge in [0.2, 0.25) is 0 Å². The van der Waals surface area contributed by atoms with Gasteiger partial charge in [0.1, 0.15) is 17.8 Å². The van der Waals surface area contributed by atoms with Gasteiger partial charge in [0, 0.05) is 25.0 Å². The van der Waals surface area contributed by atoms with E-state index in [1.54, 1.807) is 12.1 Å². The number of nitrogens with one attached hydrogen (secondary N) is 1. The molecule has 4 nitrogen and oxygen atoms in total. The van der Waals surface area contributed by atoms with E-state index in [4.69, 9.17) is 22.1 Å². The average molecular weight is 285 g/mol. The van der Waals surface area contributed by atoms with E-state index in [2.05, 4.69) is 11.4 Å². The number of hydrogen-bond donors (Lipinski definition) is 1. The Balaban J connectivity index is 2.16. The fourth-order valence-corrected chi connectivity index (χ4v) is 2.18. The maximum Gasteiger partial charge on any atom is 0.120 e. The molecule has 0 aliphatic heterocycles. The molecule has 2 rings (SSSR count). The van der Waals surface area contributed by atoms with E-state index < -0.39 is 0 Å². The van der Waals surface area contributed by atoms with Crippen molar-refractivity contribution in [3.05, 3.63) is 51.8 Å². The lowest BCUT2D eigenvalue weighted by molar-refractivity contribution is 0.856. The zero-order valence-electron chi connectivity index (χ0n) is 11.2. The topological polar surface area (TPSA) is 64.5 Å². The Kier molecular flexibility index (Phi) is 3.98. The van der Waals surface area contributed by atoms with Crippen LogP contribution in [-0.4, -0.2) is 4.57 Å². The summed E-state index contributed by atoms with van der Waals surface area (Å²) in [6, 6.07) is 11.3. The molecular formula is C15H13ClN4. The number of rotatable bonds is 3. The molecule has 1 aromatic heterocycles. The summed E-state index contributed by atoms with van der Waals surface area (Å²) >= 11 is 5.98. The lowest BCUT2D eigenvalue weighted by Gasteiger charge is -2.07. The van der Waals surface area contributed by atoms with Crippen LogP contribution in [0.4, 0.5) is 5.69 Å². The molecule has 0 aliphatic rings. The van der Waals surface area contributed by atoms with E-state index in [9.17, 15) is 0 Å². The standard InChI is InChI=1S/C15H13ClN4/c1-10-12(5-14(8-18)20(10)2)9-19-13-4-3-11(7-17)15(16)6-13/h3-6,19H,9H2,1-2H3. The average Bonchev–Trinajstić information content (AvgIpc) is 2.72. The van der Waals surface area contributed by atoms with Crippen LogP contribution in [0.5, 0.6) is 0 Å². The summed E-state index contributed by atoms with van der Waals surface area (Å²) in [7, 11) is 1.87. The Bertz CT molecular complexity index is 732. The fourth-order valence-electron chi connectivity index (χ4n) is 1.96. The predicted molar refractivity (Wildman–Crippen MR) is 78.4 cm³/mol. The van der Waals surface area contributed by atoms with Crippen molar-refractivity contribution in [1.82, 2.24) is 4.57 Å². The maximum absolute atomic E-state index is 9.00. The number of benzene rings is 1. The number of aromatic nitrogens is 1. The van der Waals surface area contributed by atoms with Crippen LogP contribution in [0.3, 0.4) is 0 Å². The minimum absolute atomic E-state index is 0.431. The molecule has 0 amide bonds. The zero-order valence-corrected chi connectivity index (χ0v) is 12.0. The highest BCUT2D eigenvalue weighted by Gasteiger charge is 2.08. The van der Waals surface area contributed by atoms with Crippen molar-refractivity contribution in [2.75, 3.05) is 5.32 Å². The summed E-state index contributed by atoms with van der Waals surface area (Å²) in [4.78, 5) is 0. The number of nitrogens with zero attached hydrogens (tertiary/aromatic N) is 3. The van der Waals surface area contributed by atoms with Crippen molar-refractivity contribution in [3.63, 3.8) is 0 Å². The summed E-state index contributed by atoms with van der Waals surface area (Å²) in [6.07, 6.45) is 0. The number of hydrogen-bond acceptors (Lipinski definition) is 3. The Morgan fingerprint density at radius 3 is 2.55 bits per heavy atom. The molecule has 0 saturated heterocycles. The van der Waals surface area contributed by atoms with E-state index in [1.165, 1.54) is 0 Å². The second-order valence-corrected chi connectivity index (χ2v) is 4.88. The molecule has 0 atom stereocenters. The Hall–Kier alpha value is -2.43. The number of nitriles is 2. The van der Waals surface area contributed by atoms with Gasteiger partial charge >= 0.3 is 0 Å². The third kappa shape index (κ3) is 2.61. The monoisotopic (exact) mass is 284 g/mol. The van der Waals surface area contributed by atoms with E-state index in [1.807, 2.05) is 36.7 Å². The van der Waals surface area contributed by atoms with Crippen molar-refractivity contribution in [2.45, 2.75) is 13.5 Å². The molecule has 0 unspecified atom stereocenters. The van der Waals surface area contributed by atoms with Gasteiger partial charge in [-0.3, -0.25) is 0 Å². The normalized spacial score (nSPS) is 9.85. The Morgan fingerprint density at radius 1 is 1.25 bits per heavy atom. The fraction of sp³-hybridized carbons (Fsp3) is 0.200. The van der Waals surface area contributed by atoms with E-state index in [-0.39, 0.29) is 0 Å². The number of anilines is 1. The molecule has 2 aromatic rings. The van der Waals surface area contributed by atoms with Gasteiger partial charge in [-0.25, -0.2) is 0 Å². The van der Waals surface area contributed by atoms with Crippen molar-refractivity contribution >= 4 is 17.3 Å². The lowest BCUT2D eigenvalue weighted by Crippen LogP contribution is -2.01. The van der Waals surface area contributed by atoms with Gasteiger partial charge in [-0.15, -0.1) is 0 Å². The van der Waals surface area contributed by atoms with Crippen LogP contribution >= 0.6 is 11.6 Å². The summed E-state index contributed by atoms with van der Waals surface area (Å²) in [6.45, 7) is 2.58. The minimum atomic E-state index is 0.431. The van der Waals surface area contributed by atoms with Crippen LogP contribution in [0, 0.1) is 29.6 Å². The first-order chi connectivity index (χ1) is 9.56. The molecule has 0 fully saturated rings. The quantitative estimate of drug-likeness (QED) is 0.940. The summed E-state index contributed by atoms with van der Waals surface area (Å²) in [5, 5.41) is 21.5. The molecule has 1 N–H and O–H groups in total. The molecular weight excluding hydrogens is 272 g/mol. The van der Waals surface area contributed by atoms with Crippen molar-refractivity contribution < 1.29 is 0 Å². The van der Waals surface area contributed by atoms with Crippen LogP contribution in [0.1, 0.15) is 22.5 Å². The SMILES string of the molecule is Cc1c(CNc2ccc(C#N)c(Cl)c2)cc(C#N)n1C. The molecule has 20 heavy (non-hydrogen) atoms. The highest BCUT2D eigenvalue weighted by Crippen LogP contribution is 2.21. The molecule has 1 aromatic carbocycles.